The summed E-state index contributed by atoms with van der Waals surface area (Å²) in [7, 11) is 0. The van der Waals surface area contributed by atoms with Crippen LogP contribution in [0.4, 0.5) is 17.1 Å². The number of para-hydroxylation sites is 2. The van der Waals surface area contributed by atoms with Crippen molar-refractivity contribution in [2.24, 2.45) is 0 Å². The van der Waals surface area contributed by atoms with Crippen molar-refractivity contribution in [3.63, 3.8) is 0 Å². The van der Waals surface area contributed by atoms with Gasteiger partial charge in [0.25, 0.3) is 0 Å². The Labute approximate surface area is 343 Å². The average Bonchev–Trinajstić information content (AvgIpc) is 3.98. The molecule has 9 aromatic carbocycles. The number of anilines is 3. The summed E-state index contributed by atoms with van der Waals surface area (Å²) in [4.78, 5) is 2.52. The SMILES string of the molecule is c1ccc(-c2ccc3c(c2)sc2c(-c4ccccc4)ccc(N(c4ccc(-n5c6ccccc6c6ccccc65)cc4)c4cccc5c4sc4ccccc45)c23)cc1. The molecule has 3 aromatic heterocycles. The first-order valence-corrected chi connectivity index (χ1v) is 21.3. The topological polar surface area (TPSA) is 8.17 Å². The summed E-state index contributed by atoms with van der Waals surface area (Å²) >= 11 is 3.77. The second-order valence-electron chi connectivity index (χ2n) is 14.9. The van der Waals surface area contributed by atoms with Crippen LogP contribution in [0, 0.1) is 0 Å². The van der Waals surface area contributed by atoms with Crippen LogP contribution in [0.3, 0.4) is 0 Å². The van der Waals surface area contributed by atoms with Gasteiger partial charge in [-0.1, -0.05) is 146 Å². The molecule has 0 amide bonds. The van der Waals surface area contributed by atoms with Crippen molar-refractivity contribution in [3.8, 4) is 27.9 Å². The minimum absolute atomic E-state index is 1.11. The van der Waals surface area contributed by atoms with Crippen molar-refractivity contribution in [1.29, 1.82) is 0 Å². The number of rotatable bonds is 6. The Kier molecular flexibility index (Phi) is 7.62. The largest absolute Gasteiger partial charge is 0.309 e. The zero-order valence-corrected chi connectivity index (χ0v) is 33.0. The molecule has 0 aliphatic rings. The molecule has 0 radical (unpaired) electrons. The van der Waals surface area contributed by atoms with Gasteiger partial charge in [0.05, 0.1) is 27.1 Å². The number of benzene rings is 9. The second kappa shape index (κ2) is 13.3. The monoisotopic (exact) mass is 774 g/mol. The van der Waals surface area contributed by atoms with Crippen LogP contribution in [0.5, 0.6) is 0 Å². The van der Waals surface area contributed by atoms with Crippen LogP contribution in [0.2, 0.25) is 0 Å². The van der Waals surface area contributed by atoms with Gasteiger partial charge in [0.1, 0.15) is 0 Å². The lowest BCUT2D eigenvalue weighted by molar-refractivity contribution is 1.17. The van der Waals surface area contributed by atoms with Crippen LogP contribution < -0.4 is 4.90 Å². The maximum absolute atomic E-state index is 2.52. The molecule has 0 bridgehead atoms. The van der Waals surface area contributed by atoms with E-state index in [4.69, 9.17) is 0 Å². The molecule has 0 aliphatic heterocycles. The smallest absolute Gasteiger partial charge is 0.0640 e. The van der Waals surface area contributed by atoms with Crippen molar-refractivity contribution in [2.45, 2.75) is 0 Å². The summed E-state index contributed by atoms with van der Waals surface area (Å²) in [6, 6.07) is 75.6. The molecule has 0 fully saturated rings. The standard InChI is InChI=1S/C54H34N2S2/c1-3-14-35(15-4-1)37-26-31-45-51(34-37)58-54-40(36-16-5-2-6-17-36)32-33-48(52(45)54)56(49-24-13-21-44-43-20-9-12-25-50(43)57-53(44)49)39-29-27-38(28-30-39)55-46-22-10-7-18-41(46)42-19-8-11-23-47(42)55/h1-34H. The van der Waals surface area contributed by atoms with Gasteiger partial charge >= 0.3 is 0 Å². The highest BCUT2D eigenvalue weighted by atomic mass is 32.1. The first-order valence-electron chi connectivity index (χ1n) is 19.7. The molecule has 4 heteroatoms. The Balaban J connectivity index is 1.13. The van der Waals surface area contributed by atoms with Crippen LogP contribution >= 0.6 is 22.7 Å². The van der Waals surface area contributed by atoms with E-state index in [9.17, 15) is 0 Å². The predicted octanol–water partition coefficient (Wildman–Crippen LogP) is 16.3. The Morgan fingerprint density at radius 2 is 0.983 bits per heavy atom. The molecule has 0 atom stereocenters. The molecule has 2 nitrogen and oxygen atoms in total. The van der Waals surface area contributed by atoms with Gasteiger partial charge in [-0.25, -0.2) is 0 Å². The van der Waals surface area contributed by atoms with Crippen molar-refractivity contribution >= 4 is 102 Å². The number of aromatic nitrogens is 1. The summed E-state index contributed by atoms with van der Waals surface area (Å²) in [5, 5.41) is 7.64. The first kappa shape index (κ1) is 33.2. The van der Waals surface area contributed by atoms with E-state index in [2.05, 4.69) is 216 Å². The van der Waals surface area contributed by atoms with Crippen LogP contribution in [0.25, 0.3) is 90.1 Å². The Bertz CT molecular complexity index is 3450. The normalized spacial score (nSPS) is 11.8. The summed E-state index contributed by atoms with van der Waals surface area (Å²) in [6.45, 7) is 0. The van der Waals surface area contributed by atoms with E-state index in [-0.39, 0.29) is 0 Å². The minimum atomic E-state index is 1.11. The molecule has 12 rings (SSSR count). The van der Waals surface area contributed by atoms with Gasteiger partial charge in [0.15, 0.2) is 0 Å². The van der Waals surface area contributed by atoms with Gasteiger partial charge in [0, 0.05) is 57.8 Å². The molecule has 3 heterocycles. The molecule has 0 saturated carbocycles. The fourth-order valence-electron chi connectivity index (χ4n) is 8.97. The van der Waals surface area contributed by atoms with Gasteiger partial charge in [-0.3, -0.25) is 0 Å². The molecule has 0 unspecified atom stereocenters. The fourth-order valence-corrected chi connectivity index (χ4v) is 11.5. The van der Waals surface area contributed by atoms with Gasteiger partial charge in [-0.2, -0.15) is 0 Å². The van der Waals surface area contributed by atoms with Crippen molar-refractivity contribution in [1.82, 2.24) is 4.57 Å². The Hall–Kier alpha value is -6.98. The summed E-state index contributed by atoms with van der Waals surface area (Å²) in [5.41, 5.74) is 12.0. The fraction of sp³-hybridized carbons (Fsp3) is 0. The number of fused-ring (bicyclic) bond motifs is 9. The van der Waals surface area contributed by atoms with E-state index < -0.39 is 0 Å². The summed E-state index contributed by atoms with van der Waals surface area (Å²) in [6.07, 6.45) is 0. The number of hydrogen-bond donors (Lipinski definition) is 0. The van der Waals surface area contributed by atoms with Crippen molar-refractivity contribution in [3.05, 3.63) is 206 Å². The predicted molar refractivity (Wildman–Crippen MR) is 252 cm³/mol. The number of thiophene rings is 2. The molecule has 12 aromatic rings. The molecular formula is C54H34N2S2. The third kappa shape index (κ3) is 5.16. The number of nitrogens with zero attached hydrogens (tertiary/aromatic N) is 2. The maximum Gasteiger partial charge on any atom is 0.0640 e. The van der Waals surface area contributed by atoms with E-state index in [1.807, 2.05) is 22.7 Å². The lowest BCUT2D eigenvalue weighted by atomic mass is 9.98. The second-order valence-corrected chi connectivity index (χ2v) is 17.0. The zero-order chi connectivity index (χ0) is 38.2. The molecule has 58 heavy (non-hydrogen) atoms. The highest BCUT2D eigenvalue weighted by Gasteiger charge is 2.24. The number of hydrogen-bond acceptors (Lipinski definition) is 3. The molecule has 0 aliphatic carbocycles. The van der Waals surface area contributed by atoms with E-state index in [0.717, 1.165) is 11.4 Å². The van der Waals surface area contributed by atoms with Crippen molar-refractivity contribution in [2.75, 3.05) is 4.90 Å². The molecule has 272 valence electrons. The summed E-state index contributed by atoms with van der Waals surface area (Å²) in [5.74, 6) is 0. The maximum atomic E-state index is 2.52. The first-order chi connectivity index (χ1) is 28.8. The van der Waals surface area contributed by atoms with E-state index in [1.54, 1.807) is 0 Å². The Morgan fingerprint density at radius 3 is 1.72 bits per heavy atom. The van der Waals surface area contributed by atoms with Crippen LogP contribution in [0.15, 0.2) is 206 Å². The molecule has 0 N–H and O–H groups in total. The third-order valence-corrected chi connectivity index (χ3v) is 14.0. The molecule has 0 saturated heterocycles. The molecule has 0 spiro atoms. The summed E-state index contributed by atoms with van der Waals surface area (Å²) < 4.78 is 7.55. The lowest BCUT2D eigenvalue weighted by Crippen LogP contribution is -2.11. The molecular weight excluding hydrogens is 741 g/mol. The zero-order valence-electron chi connectivity index (χ0n) is 31.3. The van der Waals surface area contributed by atoms with Gasteiger partial charge < -0.3 is 9.47 Å². The van der Waals surface area contributed by atoms with Crippen LogP contribution in [-0.2, 0) is 0 Å². The third-order valence-electron chi connectivity index (χ3n) is 11.6. The van der Waals surface area contributed by atoms with Gasteiger partial charge in [-0.05, 0) is 82.9 Å². The van der Waals surface area contributed by atoms with Gasteiger partial charge in [0.2, 0.25) is 0 Å². The quantitative estimate of drug-likeness (QED) is 0.163. The van der Waals surface area contributed by atoms with Crippen molar-refractivity contribution < 1.29 is 0 Å². The Morgan fingerprint density at radius 1 is 0.362 bits per heavy atom. The van der Waals surface area contributed by atoms with Gasteiger partial charge in [-0.15, -0.1) is 22.7 Å². The van der Waals surface area contributed by atoms with E-state index >= 15 is 0 Å². The average molecular weight is 775 g/mol. The van der Waals surface area contributed by atoms with Crippen LogP contribution in [0.1, 0.15) is 0 Å². The van der Waals surface area contributed by atoms with E-state index in [0.29, 0.717) is 0 Å². The highest BCUT2D eigenvalue weighted by Crippen LogP contribution is 2.51. The lowest BCUT2D eigenvalue weighted by Gasteiger charge is -2.28. The van der Waals surface area contributed by atoms with Crippen LogP contribution in [-0.4, -0.2) is 4.57 Å². The van der Waals surface area contributed by atoms with E-state index in [1.165, 1.54) is 95.8 Å². The highest BCUT2D eigenvalue weighted by molar-refractivity contribution is 7.27. The minimum Gasteiger partial charge on any atom is -0.309 e.